The maximum atomic E-state index is 10.6. The zero-order valence-corrected chi connectivity index (χ0v) is 16.9. The topological polar surface area (TPSA) is 96.7 Å². The van der Waals surface area contributed by atoms with E-state index in [9.17, 15) is 4.79 Å². The number of anilines is 1. The van der Waals surface area contributed by atoms with Gasteiger partial charge in [0.05, 0.1) is 11.6 Å². The van der Waals surface area contributed by atoms with Crippen LogP contribution in [0.1, 0.15) is 11.4 Å². The van der Waals surface area contributed by atoms with E-state index in [0.29, 0.717) is 17.4 Å². The van der Waals surface area contributed by atoms with Gasteiger partial charge < -0.3 is 9.84 Å². The highest BCUT2D eigenvalue weighted by molar-refractivity contribution is 7.21. The molecule has 30 heavy (non-hydrogen) atoms. The summed E-state index contributed by atoms with van der Waals surface area (Å²) in [6.45, 7) is 1.48. The molecule has 0 saturated heterocycles. The molecule has 150 valence electrons. The van der Waals surface area contributed by atoms with Crippen LogP contribution in [0.2, 0.25) is 0 Å². The van der Waals surface area contributed by atoms with E-state index in [4.69, 9.17) is 9.84 Å². The number of aromatic nitrogens is 2. The number of ether oxygens (including phenoxy) is 1. The Balaban J connectivity index is 1.52. The van der Waals surface area contributed by atoms with Crippen LogP contribution in [0.4, 0.5) is 5.82 Å². The predicted octanol–water partition coefficient (Wildman–Crippen LogP) is 4.58. The maximum absolute atomic E-state index is 10.6. The third-order valence-corrected chi connectivity index (χ3v) is 5.27. The average Bonchev–Trinajstić information content (AvgIpc) is 3.18. The number of carboxylic acids is 1. The monoisotopic (exact) mass is 418 g/mol. The number of carbonyl (C=O) groups is 1. The molecule has 0 aliphatic carbocycles. The largest absolute Gasteiger partial charge is 0.482 e. The van der Waals surface area contributed by atoms with Crippen molar-refractivity contribution in [3.8, 4) is 16.2 Å². The van der Waals surface area contributed by atoms with Crippen LogP contribution < -0.4 is 10.2 Å². The number of aliphatic carboxylic acids is 1. The molecule has 0 spiro atoms. The minimum Gasteiger partial charge on any atom is -0.482 e. The van der Waals surface area contributed by atoms with Crippen molar-refractivity contribution in [1.29, 1.82) is 0 Å². The first-order chi connectivity index (χ1) is 14.6. The zero-order valence-electron chi connectivity index (χ0n) is 16.1. The summed E-state index contributed by atoms with van der Waals surface area (Å²) in [6.07, 6.45) is 1.66. The van der Waals surface area contributed by atoms with Crippen LogP contribution in [0, 0.1) is 6.92 Å². The molecule has 0 saturated carbocycles. The van der Waals surface area contributed by atoms with Crippen LogP contribution >= 0.6 is 11.3 Å². The lowest BCUT2D eigenvalue weighted by Crippen LogP contribution is -2.09. The van der Waals surface area contributed by atoms with E-state index in [-0.39, 0.29) is 6.61 Å². The van der Waals surface area contributed by atoms with Gasteiger partial charge in [0.2, 0.25) is 0 Å². The van der Waals surface area contributed by atoms with Gasteiger partial charge in [0.25, 0.3) is 0 Å². The molecule has 2 N–H and O–H groups in total. The lowest BCUT2D eigenvalue weighted by Gasteiger charge is -2.04. The van der Waals surface area contributed by atoms with Crippen LogP contribution in [0.15, 0.2) is 65.8 Å². The number of thiophene rings is 1. The van der Waals surface area contributed by atoms with Gasteiger partial charge in [-0.2, -0.15) is 5.10 Å². The molecule has 0 aliphatic rings. The van der Waals surface area contributed by atoms with Gasteiger partial charge in [-0.3, -0.25) is 5.43 Å². The fraction of sp³-hybridized carbons (Fsp3) is 0.0909. The van der Waals surface area contributed by atoms with E-state index in [1.807, 2.05) is 25.1 Å². The van der Waals surface area contributed by atoms with Crippen molar-refractivity contribution in [2.24, 2.45) is 5.10 Å². The van der Waals surface area contributed by atoms with Gasteiger partial charge in [-0.25, -0.2) is 14.8 Å². The summed E-state index contributed by atoms with van der Waals surface area (Å²) < 4.78 is 5.12. The highest BCUT2D eigenvalue weighted by Gasteiger charge is 2.11. The van der Waals surface area contributed by atoms with Gasteiger partial charge >= 0.3 is 5.97 Å². The molecule has 8 heteroatoms. The number of aryl methyl sites for hydroxylation is 1. The fourth-order valence-electron chi connectivity index (χ4n) is 2.82. The van der Waals surface area contributed by atoms with Gasteiger partial charge in [0, 0.05) is 4.88 Å². The Labute approximate surface area is 176 Å². The number of hydrazone groups is 1. The number of nitrogens with one attached hydrogen (secondary N) is 1. The van der Waals surface area contributed by atoms with E-state index in [1.165, 1.54) is 0 Å². The van der Waals surface area contributed by atoms with E-state index in [2.05, 4.69) is 38.7 Å². The van der Waals surface area contributed by atoms with Gasteiger partial charge in [-0.1, -0.05) is 30.3 Å². The molecule has 2 aromatic carbocycles. The van der Waals surface area contributed by atoms with Crippen molar-refractivity contribution >= 4 is 39.6 Å². The summed E-state index contributed by atoms with van der Waals surface area (Å²) in [5.41, 5.74) is 4.99. The number of benzene rings is 2. The summed E-state index contributed by atoms with van der Waals surface area (Å²) in [4.78, 5) is 21.6. The van der Waals surface area contributed by atoms with Crippen LogP contribution in [0.3, 0.4) is 0 Å². The van der Waals surface area contributed by atoms with Crippen LogP contribution in [-0.4, -0.2) is 33.9 Å². The van der Waals surface area contributed by atoms with Crippen LogP contribution in [0.5, 0.6) is 5.75 Å². The molecule has 0 radical (unpaired) electrons. The van der Waals surface area contributed by atoms with Crippen molar-refractivity contribution in [2.75, 3.05) is 12.0 Å². The van der Waals surface area contributed by atoms with Gasteiger partial charge in [-0.05, 0) is 48.4 Å². The minimum atomic E-state index is -1.01. The number of nitrogens with zero attached hydrogens (tertiary/aromatic N) is 3. The van der Waals surface area contributed by atoms with Crippen LogP contribution in [-0.2, 0) is 4.79 Å². The molecule has 4 rings (SSSR count). The summed E-state index contributed by atoms with van der Waals surface area (Å²) in [6, 6.07) is 19.2. The molecule has 0 aliphatic heterocycles. The Morgan fingerprint density at radius 1 is 1.17 bits per heavy atom. The quantitative estimate of drug-likeness (QED) is 0.337. The number of fused-ring (bicyclic) bond motifs is 1. The van der Waals surface area contributed by atoms with Crippen molar-refractivity contribution in [2.45, 2.75) is 6.92 Å². The lowest BCUT2D eigenvalue weighted by molar-refractivity contribution is -0.139. The molecule has 2 heterocycles. The first-order valence-electron chi connectivity index (χ1n) is 9.16. The number of hydrogen-bond donors (Lipinski definition) is 2. The molecular weight excluding hydrogens is 400 g/mol. The van der Waals surface area contributed by atoms with Gasteiger partial charge in [0.1, 0.15) is 16.4 Å². The Kier molecular flexibility index (Phi) is 5.67. The third-order valence-electron chi connectivity index (χ3n) is 4.19. The highest BCUT2D eigenvalue weighted by Crippen LogP contribution is 2.35. The number of carboxylic acid groups (broad SMARTS) is 1. The minimum absolute atomic E-state index is 0.371. The first-order valence-corrected chi connectivity index (χ1v) is 9.97. The van der Waals surface area contributed by atoms with Gasteiger partial charge in [0.15, 0.2) is 12.4 Å². The molecule has 0 unspecified atom stereocenters. The van der Waals surface area contributed by atoms with Crippen molar-refractivity contribution in [3.63, 3.8) is 0 Å². The van der Waals surface area contributed by atoms with Crippen molar-refractivity contribution < 1.29 is 14.6 Å². The second-order valence-corrected chi connectivity index (χ2v) is 7.47. The highest BCUT2D eigenvalue weighted by atomic mass is 32.1. The molecule has 7 nitrogen and oxygen atoms in total. The van der Waals surface area contributed by atoms with E-state index < -0.39 is 5.97 Å². The van der Waals surface area contributed by atoms with Crippen LogP contribution in [0.25, 0.3) is 20.7 Å². The normalized spacial score (nSPS) is 11.1. The molecule has 2 aromatic heterocycles. The Morgan fingerprint density at radius 3 is 2.67 bits per heavy atom. The van der Waals surface area contributed by atoms with E-state index in [1.54, 1.807) is 41.8 Å². The maximum Gasteiger partial charge on any atom is 0.341 e. The molecule has 0 bridgehead atoms. The molecule has 0 fully saturated rings. The van der Waals surface area contributed by atoms with Gasteiger partial charge in [-0.15, -0.1) is 11.3 Å². The fourth-order valence-corrected chi connectivity index (χ4v) is 3.90. The molecule has 0 atom stereocenters. The summed E-state index contributed by atoms with van der Waals surface area (Å²) >= 11 is 1.62. The SMILES string of the molecule is Cc1nc(NN=Cc2ccc(OCC(=O)O)cc2)c2cc(-c3ccccc3)sc2n1. The predicted molar refractivity (Wildman–Crippen MR) is 118 cm³/mol. The second-order valence-electron chi connectivity index (χ2n) is 6.44. The van der Waals surface area contributed by atoms with Crippen molar-refractivity contribution in [1.82, 2.24) is 9.97 Å². The summed E-state index contributed by atoms with van der Waals surface area (Å²) in [5, 5.41) is 13.9. The third kappa shape index (κ3) is 4.61. The first kappa shape index (κ1) is 19.5. The smallest absolute Gasteiger partial charge is 0.341 e. The average molecular weight is 418 g/mol. The number of rotatable bonds is 7. The molecular formula is C22H18N4O3S. The Hall–Kier alpha value is -3.78. The Bertz CT molecular complexity index is 1200. The zero-order chi connectivity index (χ0) is 20.9. The number of hydrogen-bond acceptors (Lipinski definition) is 7. The van der Waals surface area contributed by atoms with E-state index >= 15 is 0 Å². The van der Waals surface area contributed by atoms with Crippen molar-refractivity contribution in [3.05, 3.63) is 72.1 Å². The Morgan fingerprint density at radius 2 is 1.93 bits per heavy atom. The molecule has 0 amide bonds. The summed E-state index contributed by atoms with van der Waals surface area (Å²) in [5.74, 6) is 0.790. The van der Waals surface area contributed by atoms with E-state index in [0.717, 1.165) is 26.2 Å². The summed E-state index contributed by atoms with van der Waals surface area (Å²) in [7, 11) is 0. The lowest BCUT2D eigenvalue weighted by atomic mass is 10.2. The molecule has 4 aromatic rings. The second kappa shape index (κ2) is 8.71. The standard InChI is InChI=1S/C22H18N4O3S/c1-14-24-21(18-11-19(30-22(18)25-14)16-5-3-2-4-6-16)26-23-12-15-7-9-17(10-8-15)29-13-20(27)28/h2-12H,13H2,1H3,(H,27,28)(H,24,25,26).